The Morgan fingerprint density at radius 2 is 1.90 bits per heavy atom. The Bertz CT molecular complexity index is 674. The van der Waals surface area contributed by atoms with E-state index in [1.54, 1.807) is 6.92 Å². The highest BCUT2D eigenvalue weighted by Crippen LogP contribution is 2.30. The molecule has 2 aromatic rings. The minimum absolute atomic E-state index is 0.115. The first kappa shape index (κ1) is 14.8. The van der Waals surface area contributed by atoms with E-state index in [1.165, 1.54) is 18.2 Å². The van der Waals surface area contributed by atoms with Crippen LogP contribution in [-0.2, 0) is 4.74 Å². The third-order valence-corrected chi connectivity index (χ3v) is 2.63. The summed E-state index contributed by atoms with van der Waals surface area (Å²) in [7, 11) is 0. The average Bonchev–Trinajstić information content (AvgIpc) is 2.45. The second-order valence-corrected chi connectivity index (χ2v) is 4.15. The maximum atomic E-state index is 13.5. The first-order valence-electron chi connectivity index (χ1n) is 6.20. The van der Waals surface area contributed by atoms with E-state index in [0.29, 0.717) is 0 Å². The molecule has 21 heavy (non-hydrogen) atoms. The molecule has 2 rings (SSSR count). The molecule has 0 radical (unpaired) electrons. The summed E-state index contributed by atoms with van der Waals surface area (Å²) in [6.07, 6.45) is 0. The molecule has 0 spiro atoms. The van der Waals surface area contributed by atoms with Crippen LogP contribution in [0.2, 0.25) is 0 Å². The van der Waals surface area contributed by atoms with Gasteiger partial charge in [-0.2, -0.15) is 0 Å². The van der Waals surface area contributed by atoms with Gasteiger partial charge in [-0.1, -0.05) is 0 Å². The molecule has 0 aliphatic heterocycles. The third kappa shape index (κ3) is 3.47. The molecule has 0 amide bonds. The van der Waals surface area contributed by atoms with Gasteiger partial charge in [0.15, 0.2) is 17.3 Å². The first-order chi connectivity index (χ1) is 10.0. The fourth-order valence-electron chi connectivity index (χ4n) is 1.66. The molecule has 0 saturated heterocycles. The van der Waals surface area contributed by atoms with Gasteiger partial charge in [-0.25, -0.2) is 13.6 Å². The number of carbonyl (C=O) groups excluding carboxylic acids is 1. The molecule has 0 aromatic heterocycles. The summed E-state index contributed by atoms with van der Waals surface area (Å²) < 4.78 is 36.6. The van der Waals surface area contributed by atoms with Gasteiger partial charge in [-0.3, -0.25) is 0 Å². The second-order valence-electron chi connectivity index (χ2n) is 4.15. The van der Waals surface area contributed by atoms with Crippen LogP contribution in [0.25, 0.3) is 0 Å². The number of anilines is 1. The second kappa shape index (κ2) is 6.21. The van der Waals surface area contributed by atoms with Crippen LogP contribution in [0.1, 0.15) is 17.3 Å². The Balaban J connectivity index is 2.25. The number of benzene rings is 2. The molecule has 0 aliphatic rings. The Hall–Kier alpha value is -2.63. The summed E-state index contributed by atoms with van der Waals surface area (Å²) in [4.78, 5) is 11.5. The highest BCUT2D eigenvalue weighted by atomic mass is 19.1. The minimum atomic E-state index is -0.717. The molecule has 0 unspecified atom stereocenters. The largest absolute Gasteiger partial charge is 0.462 e. The number of halogens is 2. The number of hydrogen-bond acceptors (Lipinski definition) is 4. The minimum Gasteiger partial charge on any atom is -0.462 e. The standard InChI is InChI=1S/C15H13F2NO3/c1-2-20-15(19)9-3-6-13(12(18)7-9)21-14-8-10(16)4-5-11(14)17/h3-8H,2,18H2,1H3. The SMILES string of the molecule is CCOC(=O)c1ccc(Oc2cc(F)ccc2F)c(N)c1. The number of nitrogen functional groups attached to an aromatic ring is 1. The van der Waals surface area contributed by atoms with Crippen LogP contribution >= 0.6 is 0 Å². The van der Waals surface area contributed by atoms with Crippen molar-refractivity contribution in [2.45, 2.75) is 6.92 Å². The average molecular weight is 293 g/mol. The number of hydrogen-bond donors (Lipinski definition) is 1. The lowest BCUT2D eigenvalue weighted by Crippen LogP contribution is -2.05. The van der Waals surface area contributed by atoms with Gasteiger partial charge in [0.2, 0.25) is 0 Å². The van der Waals surface area contributed by atoms with Gasteiger partial charge in [0.1, 0.15) is 5.82 Å². The number of carbonyl (C=O) groups is 1. The molecule has 2 aromatic carbocycles. The van der Waals surface area contributed by atoms with Crippen molar-refractivity contribution < 1.29 is 23.0 Å². The lowest BCUT2D eigenvalue weighted by Gasteiger charge is -2.10. The van der Waals surface area contributed by atoms with E-state index in [1.807, 2.05) is 0 Å². The molecule has 6 heteroatoms. The predicted molar refractivity (Wildman–Crippen MR) is 73.2 cm³/mol. The first-order valence-corrected chi connectivity index (χ1v) is 6.20. The zero-order valence-corrected chi connectivity index (χ0v) is 11.2. The van der Waals surface area contributed by atoms with Crippen LogP contribution in [0.15, 0.2) is 36.4 Å². The predicted octanol–water partition coefficient (Wildman–Crippen LogP) is 3.52. The van der Waals surface area contributed by atoms with E-state index in [9.17, 15) is 13.6 Å². The van der Waals surface area contributed by atoms with E-state index >= 15 is 0 Å². The van der Waals surface area contributed by atoms with Crippen LogP contribution in [-0.4, -0.2) is 12.6 Å². The van der Waals surface area contributed by atoms with E-state index in [2.05, 4.69) is 0 Å². The maximum absolute atomic E-state index is 13.5. The van der Waals surface area contributed by atoms with Crippen LogP contribution in [0, 0.1) is 11.6 Å². The summed E-state index contributed by atoms with van der Waals surface area (Å²) in [6.45, 7) is 1.93. The number of nitrogens with two attached hydrogens (primary N) is 1. The van der Waals surface area contributed by atoms with Crippen molar-refractivity contribution >= 4 is 11.7 Å². The van der Waals surface area contributed by atoms with Gasteiger partial charge >= 0.3 is 5.97 Å². The Morgan fingerprint density at radius 1 is 1.14 bits per heavy atom. The van der Waals surface area contributed by atoms with E-state index < -0.39 is 17.6 Å². The maximum Gasteiger partial charge on any atom is 0.338 e. The highest BCUT2D eigenvalue weighted by molar-refractivity contribution is 5.91. The summed E-state index contributed by atoms with van der Waals surface area (Å²) in [5.74, 6) is -2.04. The van der Waals surface area contributed by atoms with Crippen molar-refractivity contribution in [3.05, 3.63) is 53.6 Å². The molecule has 0 fully saturated rings. The smallest absolute Gasteiger partial charge is 0.338 e. The van der Waals surface area contributed by atoms with Crippen LogP contribution in [0.5, 0.6) is 11.5 Å². The van der Waals surface area contributed by atoms with Crippen molar-refractivity contribution in [2.24, 2.45) is 0 Å². The Kier molecular flexibility index (Phi) is 4.37. The summed E-state index contributed by atoms with van der Waals surface area (Å²) in [5, 5.41) is 0. The van der Waals surface area contributed by atoms with E-state index in [4.69, 9.17) is 15.2 Å². The Morgan fingerprint density at radius 3 is 2.57 bits per heavy atom. The quantitative estimate of drug-likeness (QED) is 0.692. The van der Waals surface area contributed by atoms with Crippen molar-refractivity contribution in [3.8, 4) is 11.5 Å². The molecular weight excluding hydrogens is 280 g/mol. The van der Waals surface area contributed by atoms with Gasteiger partial charge in [0, 0.05) is 6.07 Å². The number of rotatable bonds is 4. The van der Waals surface area contributed by atoms with Gasteiger partial charge in [-0.05, 0) is 37.3 Å². The van der Waals surface area contributed by atoms with Crippen LogP contribution < -0.4 is 10.5 Å². The summed E-state index contributed by atoms with van der Waals surface area (Å²) in [6, 6.07) is 7.02. The molecule has 0 atom stereocenters. The number of ether oxygens (including phenoxy) is 2. The van der Waals surface area contributed by atoms with Crippen molar-refractivity contribution in [2.75, 3.05) is 12.3 Å². The van der Waals surface area contributed by atoms with Gasteiger partial charge in [-0.15, -0.1) is 0 Å². The lowest BCUT2D eigenvalue weighted by atomic mass is 10.2. The van der Waals surface area contributed by atoms with Crippen LogP contribution in [0.3, 0.4) is 0 Å². The molecule has 0 aliphatic carbocycles. The lowest BCUT2D eigenvalue weighted by molar-refractivity contribution is 0.0526. The van der Waals surface area contributed by atoms with E-state index in [0.717, 1.165) is 18.2 Å². The Labute approximate surface area is 120 Å². The van der Waals surface area contributed by atoms with Gasteiger partial charge < -0.3 is 15.2 Å². The van der Waals surface area contributed by atoms with Gasteiger partial charge in [0.05, 0.1) is 17.9 Å². The topological polar surface area (TPSA) is 61.5 Å². The molecule has 2 N–H and O–H groups in total. The van der Waals surface area contributed by atoms with Crippen molar-refractivity contribution in [1.29, 1.82) is 0 Å². The summed E-state index contributed by atoms with van der Waals surface area (Å²) >= 11 is 0. The monoisotopic (exact) mass is 293 g/mol. The molecule has 0 heterocycles. The van der Waals surface area contributed by atoms with Crippen molar-refractivity contribution in [1.82, 2.24) is 0 Å². The zero-order valence-electron chi connectivity index (χ0n) is 11.2. The fraction of sp³-hybridized carbons (Fsp3) is 0.133. The molecule has 110 valence electrons. The molecule has 0 saturated carbocycles. The third-order valence-electron chi connectivity index (χ3n) is 2.63. The van der Waals surface area contributed by atoms with Crippen LogP contribution in [0.4, 0.5) is 14.5 Å². The summed E-state index contributed by atoms with van der Waals surface area (Å²) in [5.41, 5.74) is 6.11. The number of esters is 1. The normalized spacial score (nSPS) is 10.2. The zero-order chi connectivity index (χ0) is 15.4. The highest BCUT2D eigenvalue weighted by Gasteiger charge is 2.12. The molecule has 4 nitrogen and oxygen atoms in total. The molecule has 0 bridgehead atoms. The molecular formula is C15H13F2NO3. The fourth-order valence-corrected chi connectivity index (χ4v) is 1.66. The van der Waals surface area contributed by atoms with E-state index in [-0.39, 0.29) is 29.4 Å². The van der Waals surface area contributed by atoms with Gasteiger partial charge in [0.25, 0.3) is 0 Å². The van der Waals surface area contributed by atoms with Crippen molar-refractivity contribution in [3.63, 3.8) is 0 Å².